The van der Waals surface area contributed by atoms with Crippen LogP contribution in [0.4, 0.5) is 0 Å². The second-order valence-corrected chi connectivity index (χ2v) is 15.5. The van der Waals surface area contributed by atoms with Crippen LogP contribution in [0.25, 0.3) is 0 Å². The number of Topliss-reactive ketones (excluding diaryl/α,β-unsaturated/α-hetero) is 1. The maximum absolute atomic E-state index is 14.8. The zero-order valence-corrected chi connectivity index (χ0v) is 23.9. The lowest BCUT2D eigenvalue weighted by Gasteiger charge is -2.51. The van der Waals surface area contributed by atoms with E-state index < -0.39 is 22.2 Å². The molecule has 1 N–H and O–H groups in total. The molecule has 3 nitrogen and oxygen atoms in total. The van der Waals surface area contributed by atoms with Crippen molar-refractivity contribution in [3.8, 4) is 0 Å². The molecule has 4 aliphatic carbocycles. The van der Waals surface area contributed by atoms with Crippen LogP contribution < -0.4 is 0 Å². The number of thioether (sulfide) groups is 2. The van der Waals surface area contributed by atoms with Gasteiger partial charge in [0.05, 0.1) is 16.9 Å². The van der Waals surface area contributed by atoms with Gasteiger partial charge < -0.3 is 9.84 Å². The van der Waals surface area contributed by atoms with Gasteiger partial charge in [-0.1, -0.05) is 70.2 Å². The Morgan fingerprint density at radius 3 is 2.14 bits per heavy atom. The van der Waals surface area contributed by atoms with Gasteiger partial charge >= 0.3 is 0 Å². The lowest BCUT2D eigenvalue weighted by Crippen LogP contribution is -2.67. The molecular formula is C32H36O3S2. The standard InChI is InChI=1S/C32H36O3S2/c1-19-16-31-23(25(19)36-21-12-8-6-9-13-21)17-29(5)26(33)24-27(37-22-14-10-7-11-15-22)28(3,4)18-30(24,35-31)20(2)32(29,31)34/h6-15,17,19-20,24-25,27,34H,16,18H2,1-5H3/t19-,20-,24+,25+,27+,29?,30-,31-,32-/m1/s1. The van der Waals surface area contributed by atoms with E-state index in [2.05, 4.69) is 82.3 Å². The molecule has 1 heterocycles. The average Bonchev–Trinajstić information content (AvgIpc) is 3.38. The first-order chi connectivity index (χ1) is 17.5. The number of hydrogen-bond donors (Lipinski definition) is 1. The van der Waals surface area contributed by atoms with Crippen LogP contribution in [-0.2, 0) is 9.53 Å². The van der Waals surface area contributed by atoms with Crippen molar-refractivity contribution >= 4 is 29.3 Å². The Morgan fingerprint density at radius 2 is 1.51 bits per heavy atom. The van der Waals surface area contributed by atoms with Crippen molar-refractivity contribution in [2.45, 2.75) is 84.6 Å². The van der Waals surface area contributed by atoms with Crippen LogP contribution in [0.1, 0.15) is 47.5 Å². The summed E-state index contributed by atoms with van der Waals surface area (Å²) in [5.41, 5.74) is -2.55. The molecule has 194 valence electrons. The highest BCUT2D eigenvalue weighted by Crippen LogP contribution is 2.79. The van der Waals surface area contributed by atoms with Crippen molar-refractivity contribution in [2.75, 3.05) is 0 Å². The first-order valence-corrected chi connectivity index (χ1v) is 15.4. The van der Waals surface area contributed by atoms with Gasteiger partial charge in [-0.2, -0.15) is 0 Å². The molecule has 4 fully saturated rings. The molecule has 2 spiro atoms. The largest absolute Gasteiger partial charge is 0.385 e. The van der Waals surface area contributed by atoms with Crippen molar-refractivity contribution in [3.05, 3.63) is 72.3 Å². The molecule has 37 heavy (non-hydrogen) atoms. The van der Waals surface area contributed by atoms with Crippen LogP contribution in [0.2, 0.25) is 0 Å². The minimum absolute atomic E-state index is 0.0899. The predicted octanol–water partition coefficient (Wildman–Crippen LogP) is 6.80. The van der Waals surface area contributed by atoms with E-state index in [1.807, 2.05) is 42.6 Å². The number of carbonyl (C=O) groups is 1. The fourth-order valence-electron chi connectivity index (χ4n) is 9.17. The summed E-state index contributed by atoms with van der Waals surface area (Å²) in [5.74, 6) is 0.142. The summed E-state index contributed by atoms with van der Waals surface area (Å²) in [6.45, 7) is 11.1. The lowest BCUT2D eigenvalue weighted by molar-refractivity contribution is -0.165. The molecule has 2 aromatic carbocycles. The molecule has 2 aromatic rings. The van der Waals surface area contributed by atoms with E-state index >= 15 is 0 Å². The SMILES string of the molecule is C[C@@H]1C[C@@]23O[C@@]45CC(C)(C)[C@@H](Sc6ccccc6)[C@@H]4C(=O)C(C)(C=C2[C@H]1Sc1ccccc1)[C@]3(O)[C@@H]5C. The monoisotopic (exact) mass is 532 g/mol. The van der Waals surface area contributed by atoms with Crippen molar-refractivity contribution in [3.63, 3.8) is 0 Å². The molecule has 3 saturated carbocycles. The van der Waals surface area contributed by atoms with E-state index in [0.717, 1.165) is 18.4 Å². The van der Waals surface area contributed by atoms with Gasteiger partial charge in [0.25, 0.3) is 0 Å². The summed E-state index contributed by atoms with van der Waals surface area (Å²) in [6.07, 6.45) is 3.73. The highest BCUT2D eigenvalue weighted by Gasteiger charge is 2.89. The van der Waals surface area contributed by atoms with E-state index in [4.69, 9.17) is 4.74 Å². The molecule has 1 unspecified atom stereocenters. The third-order valence-corrected chi connectivity index (χ3v) is 13.8. The van der Waals surface area contributed by atoms with Gasteiger partial charge in [-0.15, -0.1) is 23.5 Å². The number of ketones is 1. The van der Waals surface area contributed by atoms with Gasteiger partial charge in [-0.3, -0.25) is 4.79 Å². The van der Waals surface area contributed by atoms with Crippen LogP contribution in [-0.4, -0.2) is 38.2 Å². The van der Waals surface area contributed by atoms with Gasteiger partial charge in [-0.05, 0) is 60.9 Å². The summed E-state index contributed by atoms with van der Waals surface area (Å²) in [5, 5.41) is 13.1. The van der Waals surface area contributed by atoms with E-state index in [9.17, 15) is 9.90 Å². The Balaban J connectivity index is 1.36. The predicted molar refractivity (Wildman–Crippen MR) is 150 cm³/mol. The van der Waals surface area contributed by atoms with Crippen LogP contribution >= 0.6 is 23.5 Å². The third-order valence-electron chi connectivity index (χ3n) is 10.6. The zero-order valence-electron chi connectivity index (χ0n) is 22.2. The molecule has 0 radical (unpaired) electrons. The maximum atomic E-state index is 14.8. The summed E-state index contributed by atoms with van der Waals surface area (Å²) >= 11 is 3.68. The molecule has 2 bridgehead atoms. The first kappa shape index (κ1) is 24.5. The van der Waals surface area contributed by atoms with Crippen molar-refractivity contribution in [2.24, 2.45) is 28.6 Å². The normalized spacial score (nSPS) is 46.6. The van der Waals surface area contributed by atoms with Gasteiger partial charge in [0, 0.05) is 26.2 Å². The summed E-state index contributed by atoms with van der Waals surface area (Å²) < 4.78 is 7.43. The van der Waals surface area contributed by atoms with Crippen LogP contribution in [0.3, 0.4) is 0 Å². The fraction of sp³-hybridized carbons (Fsp3) is 0.531. The van der Waals surface area contributed by atoms with Crippen molar-refractivity contribution in [1.82, 2.24) is 0 Å². The Kier molecular flexibility index (Phi) is 5.01. The molecule has 5 heteroatoms. The third kappa shape index (κ3) is 2.77. The van der Waals surface area contributed by atoms with Gasteiger partial charge in [0.2, 0.25) is 0 Å². The number of ether oxygens (including phenoxy) is 1. The fourth-order valence-corrected chi connectivity index (χ4v) is 12.0. The quantitative estimate of drug-likeness (QED) is 0.439. The minimum atomic E-state index is -1.22. The van der Waals surface area contributed by atoms with Crippen LogP contribution in [0, 0.1) is 28.6 Å². The first-order valence-electron chi connectivity index (χ1n) is 13.6. The highest BCUT2D eigenvalue weighted by molar-refractivity contribution is 8.00. The summed E-state index contributed by atoms with van der Waals surface area (Å²) in [4.78, 5) is 17.2. The molecule has 0 amide bonds. The van der Waals surface area contributed by atoms with Gasteiger partial charge in [0.15, 0.2) is 5.78 Å². The molecule has 5 aliphatic rings. The van der Waals surface area contributed by atoms with Gasteiger partial charge in [-0.25, -0.2) is 0 Å². The van der Waals surface area contributed by atoms with E-state index in [0.29, 0.717) is 5.92 Å². The smallest absolute Gasteiger partial charge is 0.152 e. The molecule has 9 atom stereocenters. The summed E-state index contributed by atoms with van der Waals surface area (Å²) in [6, 6.07) is 21.0. The number of hydrogen-bond acceptors (Lipinski definition) is 5. The topological polar surface area (TPSA) is 46.5 Å². The number of carbonyl (C=O) groups excluding carboxylic acids is 1. The Bertz CT molecular complexity index is 1310. The summed E-state index contributed by atoms with van der Waals surface area (Å²) in [7, 11) is 0. The second kappa shape index (κ2) is 7.56. The molecule has 1 saturated heterocycles. The van der Waals surface area contributed by atoms with Crippen molar-refractivity contribution in [1.29, 1.82) is 0 Å². The lowest BCUT2D eigenvalue weighted by atomic mass is 9.52. The zero-order chi connectivity index (χ0) is 26.0. The van der Waals surface area contributed by atoms with E-state index in [1.54, 1.807) is 0 Å². The van der Waals surface area contributed by atoms with E-state index in [-0.39, 0.29) is 33.5 Å². The molecule has 0 aromatic heterocycles. The Labute approximate surface area is 228 Å². The van der Waals surface area contributed by atoms with Crippen LogP contribution in [0.5, 0.6) is 0 Å². The highest BCUT2D eigenvalue weighted by atomic mass is 32.2. The van der Waals surface area contributed by atoms with Crippen LogP contribution in [0.15, 0.2) is 82.1 Å². The van der Waals surface area contributed by atoms with Crippen molar-refractivity contribution < 1.29 is 14.6 Å². The number of aliphatic hydroxyl groups is 1. The molecule has 7 rings (SSSR count). The van der Waals surface area contributed by atoms with Gasteiger partial charge in [0.1, 0.15) is 11.2 Å². The molecular weight excluding hydrogens is 496 g/mol. The Hall–Kier alpha value is -1.53. The minimum Gasteiger partial charge on any atom is -0.385 e. The Morgan fingerprint density at radius 1 is 0.919 bits per heavy atom. The average molecular weight is 533 g/mol. The number of benzene rings is 2. The number of rotatable bonds is 4. The van der Waals surface area contributed by atoms with E-state index in [1.165, 1.54) is 9.79 Å². The maximum Gasteiger partial charge on any atom is 0.152 e. The molecule has 1 aliphatic heterocycles. The second-order valence-electron chi connectivity index (χ2n) is 13.1.